The molecule has 1 heterocycles. The molecule has 2 amide bonds. The highest BCUT2D eigenvalue weighted by molar-refractivity contribution is 5.89. The van der Waals surface area contributed by atoms with Gasteiger partial charge in [-0.1, -0.05) is 24.3 Å². The van der Waals surface area contributed by atoms with Crippen LogP contribution in [0.2, 0.25) is 0 Å². The van der Waals surface area contributed by atoms with E-state index in [9.17, 15) is 23.1 Å². The van der Waals surface area contributed by atoms with Crippen LogP contribution in [-0.2, 0) is 6.42 Å². The van der Waals surface area contributed by atoms with Crippen molar-refractivity contribution in [2.75, 3.05) is 18.5 Å². The number of carbonyl (C=O) groups excluding carboxylic acids is 1. The molecule has 2 aromatic rings. The molecule has 7 heteroatoms. The van der Waals surface area contributed by atoms with E-state index in [1.54, 1.807) is 0 Å². The number of anilines is 1. The second-order valence-corrected chi connectivity index (χ2v) is 5.52. The standard InChI is InChI=1S/C17H15F3N2O2/c18-13-7-11(8-14(19)16(13)20)21-17(24)22-6-5-10-3-1-2-4-12(10)15(22)9-23/h1-4,7-8,15,23H,5-6,9H2,(H,21,24). The predicted octanol–water partition coefficient (Wildman–Crippen LogP) is 3.23. The fourth-order valence-corrected chi connectivity index (χ4v) is 2.91. The summed E-state index contributed by atoms with van der Waals surface area (Å²) in [6, 6.07) is 7.70. The van der Waals surface area contributed by atoms with E-state index in [2.05, 4.69) is 5.32 Å². The highest BCUT2D eigenvalue weighted by atomic mass is 19.2. The fourth-order valence-electron chi connectivity index (χ4n) is 2.91. The van der Waals surface area contributed by atoms with Crippen molar-refractivity contribution in [1.29, 1.82) is 0 Å². The van der Waals surface area contributed by atoms with Gasteiger partial charge < -0.3 is 15.3 Å². The molecule has 1 aliphatic rings. The molecule has 0 aromatic heterocycles. The second kappa shape index (κ2) is 6.52. The monoisotopic (exact) mass is 336 g/mol. The number of nitrogens with zero attached hydrogens (tertiary/aromatic N) is 1. The lowest BCUT2D eigenvalue weighted by Gasteiger charge is -2.36. The molecule has 126 valence electrons. The second-order valence-electron chi connectivity index (χ2n) is 5.52. The van der Waals surface area contributed by atoms with Gasteiger partial charge in [0.05, 0.1) is 12.6 Å². The van der Waals surface area contributed by atoms with Crippen LogP contribution in [-0.4, -0.2) is 29.2 Å². The molecule has 24 heavy (non-hydrogen) atoms. The van der Waals surface area contributed by atoms with Gasteiger partial charge >= 0.3 is 6.03 Å². The molecule has 3 rings (SSSR count). The smallest absolute Gasteiger partial charge is 0.322 e. The summed E-state index contributed by atoms with van der Waals surface area (Å²) in [6.07, 6.45) is 0.603. The number of nitrogens with one attached hydrogen (secondary N) is 1. The third-order valence-corrected chi connectivity index (χ3v) is 4.08. The Labute approximate surface area is 136 Å². The maximum atomic E-state index is 13.3. The molecule has 0 bridgehead atoms. The van der Waals surface area contributed by atoms with Gasteiger partial charge in [-0.3, -0.25) is 0 Å². The number of hydrogen-bond donors (Lipinski definition) is 2. The van der Waals surface area contributed by atoms with Crippen molar-refractivity contribution in [1.82, 2.24) is 4.90 Å². The molecule has 1 atom stereocenters. The van der Waals surface area contributed by atoms with Crippen molar-refractivity contribution < 1.29 is 23.1 Å². The lowest BCUT2D eigenvalue weighted by Crippen LogP contribution is -2.43. The summed E-state index contributed by atoms with van der Waals surface area (Å²) in [6.45, 7) is 0.0663. The molecule has 1 aliphatic heterocycles. The minimum atomic E-state index is -1.59. The average Bonchev–Trinajstić information content (AvgIpc) is 2.58. The molecule has 2 aromatic carbocycles. The van der Waals surface area contributed by atoms with Crippen LogP contribution < -0.4 is 5.32 Å². The highest BCUT2D eigenvalue weighted by Gasteiger charge is 2.30. The van der Waals surface area contributed by atoms with E-state index >= 15 is 0 Å². The van der Waals surface area contributed by atoms with Crippen molar-refractivity contribution in [3.05, 3.63) is 65.0 Å². The molecule has 0 saturated carbocycles. The number of urea groups is 1. The Balaban J connectivity index is 1.83. The zero-order chi connectivity index (χ0) is 17.3. The Morgan fingerprint density at radius 1 is 1.21 bits per heavy atom. The molecule has 0 radical (unpaired) electrons. The van der Waals surface area contributed by atoms with Crippen LogP contribution >= 0.6 is 0 Å². The van der Waals surface area contributed by atoms with Gasteiger partial charge in [-0.2, -0.15) is 0 Å². The van der Waals surface area contributed by atoms with Gasteiger partial charge in [-0.05, 0) is 17.5 Å². The number of benzene rings is 2. The molecular weight excluding hydrogens is 321 g/mol. The minimum absolute atomic E-state index is 0.188. The van der Waals surface area contributed by atoms with Gasteiger partial charge in [0.2, 0.25) is 0 Å². The Morgan fingerprint density at radius 2 is 1.88 bits per heavy atom. The summed E-state index contributed by atoms with van der Waals surface area (Å²) < 4.78 is 39.5. The first-order valence-corrected chi connectivity index (χ1v) is 7.42. The molecule has 0 saturated heterocycles. The first kappa shape index (κ1) is 16.3. The van der Waals surface area contributed by atoms with Crippen LogP contribution in [0.15, 0.2) is 36.4 Å². The van der Waals surface area contributed by atoms with Gasteiger partial charge in [0.15, 0.2) is 17.5 Å². The molecule has 0 fully saturated rings. The molecule has 0 aliphatic carbocycles. The number of fused-ring (bicyclic) bond motifs is 1. The lowest BCUT2D eigenvalue weighted by atomic mass is 9.93. The summed E-state index contributed by atoms with van der Waals surface area (Å²) in [4.78, 5) is 13.8. The number of carbonyl (C=O) groups is 1. The van der Waals surface area contributed by atoms with Gasteiger partial charge in [0.1, 0.15) is 0 Å². The van der Waals surface area contributed by atoms with E-state index < -0.39 is 29.5 Å². The topological polar surface area (TPSA) is 52.6 Å². The minimum Gasteiger partial charge on any atom is -0.394 e. The van der Waals surface area contributed by atoms with Crippen LogP contribution in [0.1, 0.15) is 17.2 Å². The first-order valence-electron chi connectivity index (χ1n) is 7.42. The molecular formula is C17H15F3N2O2. The summed E-state index contributed by atoms with van der Waals surface area (Å²) >= 11 is 0. The first-order chi connectivity index (χ1) is 11.5. The Bertz CT molecular complexity index is 759. The van der Waals surface area contributed by atoms with Gasteiger partial charge in [0.25, 0.3) is 0 Å². The maximum absolute atomic E-state index is 13.3. The third-order valence-electron chi connectivity index (χ3n) is 4.08. The zero-order valence-electron chi connectivity index (χ0n) is 12.6. The molecule has 1 unspecified atom stereocenters. The van der Waals surface area contributed by atoms with Crippen molar-refractivity contribution in [2.45, 2.75) is 12.5 Å². The van der Waals surface area contributed by atoms with Crippen molar-refractivity contribution in [2.24, 2.45) is 0 Å². The summed E-state index contributed by atoms with van der Waals surface area (Å²) in [5, 5.41) is 12.0. The summed E-state index contributed by atoms with van der Waals surface area (Å²) in [7, 11) is 0. The van der Waals surface area contributed by atoms with Gasteiger partial charge in [-0.15, -0.1) is 0 Å². The number of halogens is 3. The summed E-state index contributed by atoms with van der Waals surface area (Å²) in [5.41, 5.74) is 1.68. The van der Waals surface area contributed by atoms with E-state index in [1.165, 1.54) is 4.90 Å². The maximum Gasteiger partial charge on any atom is 0.322 e. The number of amides is 2. The molecule has 0 spiro atoms. The van der Waals surface area contributed by atoms with Crippen LogP contribution in [0.5, 0.6) is 0 Å². The van der Waals surface area contributed by atoms with Crippen molar-refractivity contribution in [3.63, 3.8) is 0 Å². The van der Waals surface area contributed by atoms with E-state index in [4.69, 9.17) is 0 Å². The average molecular weight is 336 g/mol. The highest BCUT2D eigenvalue weighted by Crippen LogP contribution is 2.30. The third kappa shape index (κ3) is 2.94. The van der Waals surface area contributed by atoms with Crippen molar-refractivity contribution >= 4 is 11.7 Å². The van der Waals surface area contributed by atoms with Crippen LogP contribution in [0.3, 0.4) is 0 Å². The quantitative estimate of drug-likeness (QED) is 0.828. The number of aliphatic hydroxyl groups is 1. The van der Waals surface area contributed by atoms with Gasteiger partial charge in [0, 0.05) is 24.4 Å². The Kier molecular flexibility index (Phi) is 4.44. The molecule has 4 nitrogen and oxygen atoms in total. The van der Waals surface area contributed by atoms with Crippen molar-refractivity contribution in [3.8, 4) is 0 Å². The Morgan fingerprint density at radius 3 is 2.54 bits per heavy atom. The van der Waals surface area contributed by atoms with E-state index in [0.29, 0.717) is 25.1 Å². The number of rotatable bonds is 2. The van der Waals surface area contributed by atoms with Crippen LogP contribution in [0.4, 0.5) is 23.7 Å². The van der Waals surface area contributed by atoms with E-state index in [-0.39, 0.29) is 12.3 Å². The number of hydrogen-bond acceptors (Lipinski definition) is 2. The zero-order valence-corrected chi connectivity index (χ0v) is 12.6. The lowest BCUT2D eigenvalue weighted by molar-refractivity contribution is 0.135. The van der Waals surface area contributed by atoms with Crippen LogP contribution in [0.25, 0.3) is 0 Å². The largest absolute Gasteiger partial charge is 0.394 e. The SMILES string of the molecule is O=C(Nc1cc(F)c(F)c(F)c1)N1CCc2ccccc2C1CO. The normalized spacial score (nSPS) is 16.7. The van der Waals surface area contributed by atoms with Crippen LogP contribution in [0, 0.1) is 17.5 Å². The predicted molar refractivity (Wildman–Crippen MR) is 82.0 cm³/mol. The van der Waals surface area contributed by atoms with Gasteiger partial charge in [-0.25, -0.2) is 18.0 Å². The number of aliphatic hydroxyl groups excluding tert-OH is 1. The fraction of sp³-hybridized carbons (Fsp3) is 0.235. The summed E-state index contributed by atoms with van der Waals surface area (Å²) in [5.74, 6) is -4.35. The molecule has 2 N–H and O–H groups in total. The Hall–Kier alpha value is -2.54. The van der Waals surface area contributed by atoms with E-state index in [0.717, 1.165) is 11.1 Å². The van der Waals surface area contributed by atoms with E-state index in [1.807, 2.05) is 24.3 Å².